The quantitative estimate of drug-likeness (QED) is 0.914. The van der Waals surface area contributed by atoms with Gasteiger partial charge < -0.3 is 10.6 Å². The van der Waals surface area contributed by atoms with E-state index < -0.39 is 0 Å². The van der Waals surface area contributed by atoms with E-state index in [1.165, 1.54) is 25.7 Å². The van der Waals surface area contributed by atoms with Gasteiger partial charge in [0.2, 0.25) is 0 Å². The topological polar surface area (TPSA) is 42.2 Å². The van der Waals surface area contributed by atoms with Crippen LogP contribution >= 0.6 is 11.6 Å². The van der Waals surface area contributed by atoms with Crippen LogP contribution in [0.1, 0.15) is 38.2 Å². The van der Waals surface area contributed by atoms with E-state index in [4.69, 9.17) is 17.3 Å². The maximum Gasteiger partial charge on any atom is 0.147 e. The van der Waals surface area contributed by atoms with Gasteiger partial charge in [0.05, 0.1) is 5.02 Å². The van der Waals surface area contributed by atoms with Crippen molar-refractivity contribution in [2.24, 2.45) is 11.7 Å². The third kappa shape index (κ3) is 2.62. The van der Waals surface area contributed by atoms with Gasteiger partial charge in [-0.2, -0.15) is 0 Å². The number of nitrogens with zero attached hydrogens (tertiary/aromatic N) is 2. The third-order valence-electron chi connectivity index (χ3n) is 4.07. The SMILES string of the molecule is CC1CCCCC1N(C)c1nccc(CN)c1Cl. The number of hydrogen-bond donors (Lipinski definition) is 1. The first-order chi connectivity index (χ1) is 8.65. The molecule has 0 aliphatic heterocycles. The normalized spacial score (nSPS) is 24.0. The highest BCUT2D eigenvalue weighted by Gasteiger charge is 2.27. The van der Waals surface area contributed by atoms with Crippen molar-refractivity contribution >= 4 is 17.4 Å². The van der Waals surface area contributed by atoms with Crippen molar-refractivity contribution in [3.8, 4) is 0 Å². The molecule has 4 heteroatoms. The van der Waals surface area contributed by atoms with Gasteiger partial charge in [-0.3, -0.25) is 0 Å². The Hall–Kier alpha value is -0.800. The Labute approximate surface area is 114 Å². The zero-order chi connectivity index (χ0) is 13.1. The van der Waals surface area contributed by atoms with Crippen LogP contribution in [0.3, 0.4) is 0 Å². The fourth-order valence-electron chi connectivity index (χ4n) is 2.90. The van der Waals surface area contributed by atoms with E-state index in [0.717, 1.165) is 11.4 Å². The lowest BCUT2D eigenvalue weighted by Gasteiger charge is -2.37. The van der Waals surface area contributed by atoms with E-state index >= 15 is 0 Å². The Morgan fingerprint density at radius 1 is 1.44 bits per heavy atom. The molecule has 0 bridgehead atoms. The standard InChI is InChI=1S/C14H22ClN3/c1-10-5-3-4-6-12(10)18(2)14-13(15)11(9-16)7-8-17-14/h7-8,10,12H,3-6,9,16H2,1-2H3. The van der Waals surface area contributed by atoms with Crippen molar-refractivity contribution < 1.29 is 0 Å². The van der Waals surface area contributed by atoms with Gasteiger partial charge in [-0.25, -0.2) is 4.98 Å². The second kappa shape index (κ2) is 5.89. The Kier molecular flexibility index (Phi) is 4.46. The summed E-state index contributed by atoms with van der Waals surface area (Å²) in [6, 6.07) is 2.43. The van der Waals surface area contributed by atoms with E-state index in [1.807, 2.05) is 6.07 Å². The second-order valence-corrected chi connectivity index (χ2v) is 5.63. The molecular weight excluding hydrogens is 246 g/mol. The number of anilines is 1. The fraction of sp³-hybridized carbons (Fsp3) is 0.643. The van der Waals surface area contributed by atoms with Crippen LogP contribution < -0.4 is 10.6 Å². The minimum atomic E-state index is 0.461. The highest BCUT2D eigenvalue weighted by Crippen LogP contribution is 2.33. The molecule has 1 aliphatic carbocycles. The molecule has 0 saturated heterocycles. The van der Waals surface area contributed by atoms with Gasteiger partial charge in [-0.1, -0.05) is 31.4 Å². The minimum absolute atomic E-state index is 0.461. The highest BCUT2D eigenvalue weighted by molar-refractivity contribution is 6.33. The van der Waals surface area contributed by atoms with Gasteiger partial charge in [-0.05, 0) is 30.4 Å². The van der Waals surface area contributed by atoms with Crippen LogP contribution in [0.25, 0.3) is 0 Å². The minimum Gasteiger partial charge on any atom is -0.355 e. The molecule has 1 saturated carbocycles. The summed E-state index contributed by atoms with van der Waals surface area (Å²) < 4.78 is 0. The van der Waals surface area contributed by atoms with Crippen LogP contribution in [-0.4, -0.2) is 18.1 Å². The van der Waals surface area contributed by atoms with Crippen molar-refractivity contribution in [3.05, 3.63) is 22.8 Å². The second-order valence-electron chi connectivity index (χ2n) is 5.25. The summed E-state index contributed by atoms with van der Waals surface area (Å²) in [7, 11) is 2.10. The van der Waals surface area contributed by atoms with Crippen LogP contribution in [0.4, 0.5) is 5.82 Å². The van der Waals surface area contributed by atoms with E-state index in [1.54, 1.807) is 6.20 Å². The van der Waals surface area contributed by atoms with E-state index in [9.17, 15) is 0 Å². The van der Waals surface area contributed by atoms with Crippen LogP contribution in [-0.2, 0) is 6.54 Å². The molecular formula is C14H22ClN3. The molecule has 0 amide bonds. The van der Waals surface area contributed by atoms with E-state index in [-0.39, 0.29) is 0 Å². The Morgan fingerprint density at radius 2 is 2.17 bits per heavy atom. The first-order valence-corrected chi connectivity index (χ1v) is 7.09. The molecule has 0 radical (unpaired) electrons. The molecule has 1 aromatic rings. The first kappa shape index (κ1) is 13.6. The molecule has 2 rings (SSSR count). The van der Waals surface area contributed by atoms with Gasteiger partial charge >= 0.3 is 0 Å². The van der Waals surface area contributed by atoms with Gasteiger partial charge in [0.25, 0.3) is 0 Å². The Balaban J connectivity index is 2.24. The lowest BCUT2D eigenvalue weighted by molar-refractivity contribution is 0.320. The maximum absolute atomic E-state index is 6.39. The zero-order valence-corrected chi connectivity index (χ0v) is 12.0. The molecule has 3 nitrogen and oxygen atoms in total. The largest absolute Gasteiger partial charge is 0.355 e. The van der Waals surface area contributed by atoms with Crippen molar-refractivity contribution in [2.45, 2.75) is 45.2 Å². The van der Waals surface area contributed by atoms with Gasteiger partial charge in [0.15, 0.2) is 0 Å². The summed E-state index contributed by atoms with van der Waals surface area (Å²) in [5.74, 6) is 1.57. The molecule has 1 aliphatic rings. The molecule has 1 aromatic heterocycles. The molecule has 1 heterocycles. The summed E-state index contributed by atoms with van der Waals surface area (Å²) >= 11 is 6.39. The third-order valence-corrected chi connectivity index (χ3v) is 4.48. The lowest BCUT2D eigenvalue weighted by Crippen LogP contribution is -2.39. The number of nitrogens with two attached hydrogens (primary N) is 1. The summed E-state index contributed by atoms with van der Waals surface area (Å²) in [5.41, 5.74) is 6.66. The molecule has 2 unspecified atom stereocenters. The van der Waals surface area contributed by atoms with Gasteiger partial charge in [0, 0.05) is 25.8 Å². The molecule has 0 aromatic carbocycles. The van der Waals surface area contributed by atoms with E-state index in [0.29, 0.717) is 23.5 Å². The monoisotopic (exact) mass is 267 g/mol. The fourth-order valence-corrected chi connectivity index (χ4v) is 3.23. The number of hydrogen-bond acceptors (Lipinski definition) is 3. The average Bonchev–Trinajstić information content (AvgIpc) is 2.39. The van der Waals surface area contributed by atoms with Gasteiger partial charge in [0.1, 0.15) is 5.82 Å². The number of rotatable bonds is 3. The smallest absolute Gasteiger partial charge is 0.147 e. The molecule has 100 valence electrons. The van der Waals surface area contributed by atoms with Crippen LogP contribution in [0.5, 0.6) is 0 Å². The summed E-state index contributed by atoms with van der Waals surface area (Å²) in [6.07, 6.45) is 6.96. The number of pyridine rings is 1. The summed E-state index contributed by atoms with van der Waals surface area (Å²) in [6.45, 7) is 2.78. The van der Waals surface area contributed by atoms with Crippen LogP contribution in [0, 0.1) is 5.92 Å². The Bertz CT molecular complexity index is 408. The summed E-state index contributed by atoms with van der Waals surface area (Å²) in [5, 5.41) is 0.709. The molecule has 1 fully saturated rings. The average molecular weight is 268 g/mol. The van der Waals surface area contributed by atoms with Crippen molar-refractivity contribution in [2.75, 3.05) is 11.9 Å². The Morgan fingerprint density at radius 3 is 2.83 bits per heavy atom. The van der Waals surface area contributed by atoms with Crippen LogP contribution in [0.15, 0.2) is 12.3 Å². The van der Waals surface area contributed by atoms with Crippen LogP contribution in [0.2, 0.25) is 5.02 Å². The maximum atomic E-state index is 6.39. The van der Waals surface area contributed by atoms with Crippen molar-refractivity contribution in [3.63, 3.8) is 0 Å². The van der Waals surface area contributed by atoms with Gasteiger partial charge in [-0.15, -0.1) is 0 Å². The molecule has 0 spiro atoms. The van der Waals surface area contributed by atoms with Crippen molar-refractivity contribution in [1.82, 2.24) is 4.98 Å². The highest BCUT2D eigenvalue weighted by atomic mass is 35.5. The number of halogens is 1. The van der Waals surface area contributed by atoms with Crippen molar-refractivity contribution in [1.29, 1.82) is 0 Å². The lowest BCUT2D eigenvalue weighted by atomic mass is 9.85. The van der Waals surface area contributed by atoms with E-state index in [2.05, 4.69) is 23.9 Å². The molecule has 2 N–H and O–H groups in total. The zero-order valence-electron chi connectivity index (χ0n) is 11.2. The first-order valence-electron chi connectivity index (χ1n) is 6.71. The molecule has 18 heavy (non-hydrogen) atoms. The predicted octanol–water partition coefficient (Wildman–Crippen LogP) is 3.21. The predicted molar refractivity (Wildman–Crippen MR) is 77.0 cm³/mol. The summed E-state index contributed by atoms with van der Waals surface area (Å²) in [4.78, 5) is 6.68. The number of aromatic nitrogens is 1. The molecule has 2 atom stereocenters.